The van der Waals surface area contributed by atoms with Crippen LogP contribution in [-0.2, 0) is 0 Å². The minimum absolute atomic E-state index is 0.423. The van der Waals surface area contributed by atoms with Gasteiger partial charge in [0.1, 0.15) is 0 Å². The maximum Gasteiger partial charge on any atom is 0.220 e. The van der Waals surface area contributed by atoms with Crippen molar-refractivity contribution < 1.29 is 4.39 Å². The number of hydrogen-bond donors (Lipinski definition) is 0. The van der Waals surface area contributed by atoms with Crippen LogP contribution >= 0.6 is 27.5 Å². The van der Waals surface area contributed by atoms with E-state index in [-0.39, 0.29) is 0 Å². The van der Waals surface area contributed by atoms with E-state index in [1.54, 1.807) is 6.07 Å². The van der Waals surface area contributed by atoms with Gasteiger partial charge in [-0.05, 0) is 30.2 Å². The molecule has 1 nitrogen and oxygen atoms in total. The Morgan fingerprint density at radius 1 is 1.31 bits per heavy atom. The summed E-state index contributed by atoms with van der Waals surface area (Å²) in [6.45, 7) is 1.92. The third-order valence-corrected chi connectivity index (χ3v) is 3.43. The smallest absolute Gasteiger partial charge is 0.220 e. The molecule has 0 bridgehead atoms. The Hall–Kier alpha value is -0.930. The van der Waals surface area contributed by atoms with Gasteiger partial charge in [-0.15, -0.1) is 0 Å². The second kappa shape index (κ2) is 4.52. The van der Waals surface area contributed by atoms with Crippen LogP contribution in [-0.4, -0.2) is 4.98 Å². The van der Waals surface area contributed by atoms with E-state index in [0.717, 1.165) is 15.6 Å². The lowest BCUT2D eigenvalue weighted by molar-refractivity contribution is 0.587. The number of aromatic nitrogens is 1. The summed E-state index contributed by atoms with van der Waals surface area (Å²) in [5.74, 6) is -0.509. The highest BCUT2D eigenvalue weighted by Gasteiger charge is 2.10. The van der Waals surface area contributed by atoms with E-state index in [2.05, 4.69) is 20.9 Å². The van der Waals surface area contributed by atoms with Crippen LogP contribution in [0.3, 0.4) is 0 Å². The van der Waals surface area contributed by atoms with Crippen LogP contribution in [0.2, 0.25) is 5.02 Å². The van der Waals surface area contributed by atoms with Crippen molar-refractivity contribution in [1.29, 1.82) is 0 Å². The molecule has 0 N–H and O–H groups in total. The average Bonchev–Trinajstić information content (AvgIpc) is 2.26. The molecule has 0 aliphatic rings. The molecule has 4 heteroatoms. The monoisotopic (exact) mass is 299 g/mol. The Morgan fingerprint density at radius 3 is 2.81 bits per heavy atom. The highest BCUT2D eigenvalue weighted by Crippen LogP contribution is 2.30. The van der Waals surface area contributed by atoms with Crippen LogP contribution in [0.15, 0.2) is 34.9 Å². The van der Waals surface area contributed by atoms with Crippen LogP contribution in [0.5, 0.6) is 0 Å². The zero-order valence-electron chi connectivity index (χ0n) is 8.47. The first kappa shape index (κ1) is 11.6. The van der Waals surface area contributed by atoms with E-state index in [1.165, 1.54) is 6.20 Å². The summed E-state index contributed by atoms with van der Waals surface area (Å²) in [6, 6.07) is 7.19. The molecule has 0 saturated carbocycles. The Labute approximate surface area is 106 Å². The number of rotatable bonds is 1. The van der Waals surface area contributed by atoms with Gasteiger partial charge < -0.3 is 0 Å². The van der Waals surface area contributed by atoms with Gasteiger partial charge in [0.15, 0.2) is 0 Å². The Balaban J connectivity index is 2.67. The van der Waals surface area contributed by atoms with Crippen LogP contribution in [0.25, 0.3) is 11.1 Å². The zero-order valence-corrected chi connectivity index (χ0v) is 10.8. The van der Waals surface area contributed by atoms with Crippen molar-refractivity contribution in [1.82, 2.24) is 4.98 Å². The molecule has 0 amide bonds. The zero-order chi connectivity index (χ0) is 11.7. The van der Waals surface area contributed by atoms with E-state index >= 15 is 0 Å². The minimum Gasteiger partial charge on any atom is -0.226 e. The van der Waals surface area contributed by atoms with Crippen molar-refractivity contribution in [2.75, 3.05) is 0 Å². The molecular weight excluding hydrogens is 292 g/mol. The maximum absolute atomic E-state index is 13.6. The van der Waals surface area contributed by atoms with Crippen molar-refractivity contribution in [3.63, 3.8) is 0 Å². The van der Waals surface area contributed by atoms with Gasteiger partial charge in [0.25, 0.3) is 0 Å². The molecule has 0 saturated heterocycles. The first-order valence-electron chi connectivity index (χ1n) is 4.66. The lowest BCUT2D eigenvalue weighted by Gasteiger charge is -2.08. The number of hydrogen-bond acceptors (Lipinski definition) is 1. The van der Waals surface area contributed by atoms with E-state index < -0.39 is 5.95 Å². The quantitative estimate of drug-likeness (QED) is 0.701. The van der Waals surface area contributed by atoms with E-state index in [4.69, 9.17) is 11.6 Å². The molecule has 2 aromatic rings. The van der Waals surface area contributed by atoms with Crippen molar-refractivity contribution >= 4 is 27.5 Å². The summed E-state index contributed by atoms with van der Waals surface area (Å²) in [6.07, 6.45) is 1.30. The van der Waals surface area contributed by atoms with Crippen molar-refractivity contribution in [3.8, 4) is 11.1 Å². The first-order chi connectivity index (χ1) is 7.59. The van der Waals surface area contributed by atoms with Crippen LogP contribution in [0.1, 0.15) is 5.56 Å². The Morgan fingerprint density at radius 2 is 2.06 bits per heavy atom. The predicted octanol–water partition coefficient (Wildman–Crippen LogP) is 4.61. The maximum atomic E-state index is 13.6. The largest absolute Gasteiger partial charge is 0.226 e. The molecule has 0 aliphatic carbocycles. The van der Waals surface area contributed by atoms with Gasteiger partial charge in [-0.2, -0.15) is 4.39 Å². The molecule has 16 heavy (non-hydrogen) atoms. The Kier molecular flexibility index (Phi) is 3.26. The molecule has 0 fully saturated rings. The molecular formula is C12H8BrClFN. The molecule has 0 atom stereocenters. The van der Waals surface area contributed by atoms with Crippen molar-refractivity contribution in [2.45, 2.75) is 6.92 Å². The number of halogens is 3. The number of benzene rings is 1. The van der Waals surface area contributed by atoms with Gasteiger partial charge in [-0.1, -0.05) is 39.7 Å². The third-order valence-electron chi connectivity index (χ3n) is 2.36. The van der Waals surface area contributed by atoms with Gasteiger partial charge >= 0.3 is 0 Å². The SMILES string of the molecule is Cc1c(Br)cccc1-c1cc(Cl)cnc1F. The molecule has 1 heterocycles. The molecule has 0 radical (unpaired) electrons. The topological polar surface area (TPSA) is 12.9 Å². The molecule has 82 valence electrons. The van der Waals surface area contributed by atoms with Gasteiger partial charge in [-0.3, -0.25) is 0 Å². The molecule has 0 spiro atoms. The minimum atomic E-state index is -0.509. The summed E-state index contributed by atoms with van der Waals surface area (Å²) in [5.41, 5.74) is 2.18. The molecule has 0 unspecified atom stereocenters. The third kappa shape index (κ3) is 2.11. The highest BCUT2D eigenvalue weighted by molar-refractivity contribution is 9.10. The van der Waals surface area contributed by atoms with Crippen molar-refractivity contribution in [3.05, 3.63) is 51.5 Å². The van der Waals surface area contributed by atoms with Crippen LogP contribution in [0.4, 0.5) is 4.39 Å². The second-order valence-corrected chi connectivity index (χ2v) is 4.70. The Bertz CT molecular complexity index is 543. The summed E-state index contributed by atoms with van der Waals surface area (Å²) in [4.78, 5) is 3.61. The normalized spacial score (nSPS) is 10.5. The van der Waals surface area contributed by atoms with Gasteiger partial charge in [-0.25, -0.2) is 4.98 Å². The summed E-state index contributed by atoms with van der Waals surface area (Å²) < 4.78 is 14.5. The lowest BCUT2D eigenvalue weighted by atomic mass is 10.0. The first-order valence-corrected chi connectivity index (χ1v) is 5.83. The second-order valence-electron chi connectivity index (χ2n) is 3.40. The van der Waals surface area contributed by atoms with Gasteiger partial charge in [0.2, 0.25) is 5.95 Å². The average molecular weight is 301 g/mol. The summed E-state index contributed by atoms with van der Waals surface area (Å²) in [7, 11) is 0. The van der Waals surface area contributed by atoms with Crippen LogP contribution in [0, 0.1) is 12.9 Å². The van der Waals surface area contributed by atoms with Gasteiger partial charge in [0.05, 0.1) is 5.02 Å². The highest BCUT2D eigenvalue weighted by atomic mass is 79.9. The standard InChI is InChI=1S/C12H8BrClFN/c1-7-9(3-2-4-11(7)13)10-5-8(14)6-16-12(10)15/h2-6H,1H3. The van der Waals surface area contributed by atoms with E-state index in [0.29, 0.717) is 10.6 Å². The van der Waals surface area contributed by atoms with Gasteiger partial charge in [0, 0.05) is 16.2 Å². The fourth-order valence-corrected chi connectivity index (χ4v) is 2.03. The number of nitrogens with zero attached hydrogens (tertiary/aromatic N) is 1. The predicted molar refractivity (Wildman–Crippen MR) is 67.1 cm³/mol. The fourth-order valence-electron chi connectivity index (χ4n) is 1.51. The molecule has 1 aromatic carbocycles. The summed E-state index contributed by atoms with van der Waals surface area (Å²) >= 11 is 9.23. The molecule has 1 aromatic heterocycles. The molecule has 0 aliphatic heterocycles. The van der Waals surface area contributed by atoms with E-state index in [1.807, 2.05) is 25.1 Å². The summed E-state index contributed by atoms with van der Waals surface area (Å²) in [5, 5.41) is 0.427. The molecule has 2 rings (SSSR count). The van der Waals surface area contributed by atoms with Crippen molar-refractivity contribution in [2.24, 2.45) is 0 Å². The van der Waals surface area contributed by atoms with Crippen LogP contribution < -0.4 is 0 Å². The number of pyridine rings is 1. The lowest BCUT2D eigenvalue weighted by Crippen LogP contribution is -1.91. The fraction of sp³-hybridized carbons (Fsp3) is 0.0833. The van der Waals surface area contributed by atoms with E-state index in [9.17, 15) is 4.39 Å².